The van der Waals surface area contributed by atoms with Crippen molar-refractivity contribution in [3.63, 3.8) is 0 Å². The molecule has 2 aromatic carbocycles. The Morgan fingerprint density at radius 1 is 1.15 bits per heavy atom. The van der Waals surface area contributed by atoms with E-state index in [-0.39, 0.29) is 6.61 Å². The number of esters is 1. The molecule has 0 saturated heterocycles. The summed E-state index contributed by atoms with van der Waals surface area (Å²) in [5, 5.41) is 8.75. The van der Waals surface area contributed by atoms with Crippen LogP contribution in [0.15, 0.2) is 53.0 Å². The molecule has 5 heteroatoms. The largest absolute Gasteiger partial charge is 0.482 e. The Morgan fingerprint density at radius 3 is 2.65 bits per heavy atom. The third-order valence-electron chi connectivity index (χ3n) is 2.35. The Kier molecular flexibility index (Phi) is 4.75. The number of carbonyl (C=O) groups is 1. The molecule has 0 heterocycles. The number of halogens is 1. The van der Waals surface area contributed by atoms with Gasteiger partial charge in [0.15, 0.2) is 6.61 Å². The molecule has 0 saturated carbocycles. The van der Waals surface area contributed by atoms with Crippen LogP contribution in [-0.4, -0.2) is 12.6 Å². The van der Waals surface area contributed by atoms with Gasteiger partial charge in [-0.2, -0.15) is 5.26 Å². The second-order valence-corrected chi connectivity index (χ2v) is 4.78. The first kappa shape index (κ1) is 14.1. The molecule has 0 bridgehead atoms. The molecular weight excluding hydrogens is 322 g/mol. The van der Waals surface area contributed by atoms with E-state index in [2.05, 4.69) is 15.9 Å². The Balaban J connectivity index is 1.91. The molecule has 0 radical (unpaired) electrons. The first-order chi connectivity index (χ1) is 9.67. The zero-order chi connectivity index (χ0) is 14.4. The summed E-state index contributed by atoms with van der Waals surface area (Å²) in [6.45, 7) is -0.201. The monoisotopic (exact) mass is 331 g/mol. The van der Waals surface area contributed by atoms with E-state index < -0.39 is 5.97 Å². The van der Waals surface area contributed by atoms with Crippen molar-refractivity contribution in [2.45, 2.75) is 0 Å². The highest BCUT2D eigenvalue weighted by atomic mass is 79.9. The van der Waals surface area contributed by atoms with Crippen LogP contribution in [0.4, 0.5) is 0 Å². The molecule has 0 aliphatic heterocycles. The second kappa shape index (κ2) is 6.73. The molecule has 0 amide bonds. The van der Waals surface area contributed by atoms with Gasteiger partial charge in [0.1, 0.15) is 11.5 Å². The molecule has 0 atom stereocenters. The molecule has 0 spiro atoms. The van der Waals surface area contributed by atoms with E-state index in [1.807, 2.05) is 12.1 Å². The SMILES string of the molecule is N#Cc1cccc(OC(=O)COc2cccc(Br)c2)c1. The highest BCUT2D eigenvalue weighted by Gasteiger charge is 2.07. The maximum Gasteiger partial charge on any atom is 0.349 e. The van der Waals surface area contributed by atoms with Gasteiger partial charge in [0.2, 0.25) is 0 Å². The fourth-order valence-electron chi connectivity index (χ4n) is 1.49. The number of hydrogen-bond donors (Lipinski definition) is 0. The van der Waals surface area contributed by atoms with Crippen molar-refractivity contribution >= 4 is 21.9 Å². The fraction of sp³-hybridized carbons (Fsp3) is 0.0667. The standard InChI is InChI=1S/C15H10BrNO3/c16-12-4-2-5-13(8-12)19-10-15(18)20-14-6-1-3-11(7-14)9-17/h1-8H,10H2. The molecule has 4 nitrogen and oxygen atoms in total. The lowest BCUT2D eigenvalue weighted by Crippen LogP contribution is -2.17. The fourth-order valence-corrected chi connectivity index (χ4v) is 1.87. The third-order valence-corrected chi connectivity index (χ3v) is 2.84. The minimum Gasteiger partial charge on any atom is -0.482 e. The van der Waals surface area contributed by atoms with E-state index in [1.165, 1.54) is 6.07 Å². The Labute approximate surface area is 124 Å². The van der Waals surface area contributed by atoms with Gasteiger partial charge in [0.05, 0.1) is 11.6 Å². The van der Waals surface area contributed by atoms with Crippen LogP contribution in [0, 0.1) is 11.3 Å². The van der Waals surface area contributed by atoms with E-state index in [0.717, 1.165) is 4.47 Å². The van der Waals surface area contributed by atoms with Gasteiger partial charge in [-0.15, -0.1) is 0 Å². The summed E-state index contributed by atoms with van der Waals surface area (Å²) in [6.07, 6.45) is 0. The zero-order valence-electron chi connectivity index (χ0n) is 10.4. The minimum atomic E-state index is -0.528. The van der Waals surface area contributed by atoms with Crippen molar-refractivity contribution in [1.29, 1.82) is 5.26 Å². The van der Waals surface area contributed by atoms with Crippen LogP contribution in [0.25, 0.3) is 0 Å². The predicted octanol–water partition coefficient (Wildman–Crippen LogP) is 3.31. The molecular formula is C15H10BrNO3. The molecule has 0 aliphatic rings. The van der Waals surface area contributed by atoms with Crippen LogP contribution in [0.1, 0.15) is 5.56 Å². The molecule has 0 aromatic heterocycles. The average molecular weight is 332 g/mol. The summed E-state index contributed by atoms with van der Waals surface area (Å²) in [5.74, 6) is 0.369. The van der Waals surface area contributed by atoms with Gasteiger partial charge in [0, 0.05) is 4.47 Å². The van der Waals surface area contributed by atoms with Crippen LogP contribution < -0.4 is 9.47 Å². The normalized spacial score (nSPS) is 9.60. The summed E-state index contributed by atoms with van der Waals surface area (Å²) in [7, 11) is 0. The molecule has 2 rings (SSSR count). The van der Waals surface area contributed by atoms with Crippen LogP contribution in [-0.2, 0) is 4.79 Å². The number of benzene rings is 2. The summed E-state index contributed by atoms with van der Waals surface area (Å²) in [4.78, 5) is 11.6. The van der Waals surface area contributed by atoms with E-state index in [4.69, 9.17) is 14.7 Å². The lowest BCUT2D eigenvalue weighted by molar-refractivity contribution is -0.136. The van der Waals surface area contributed by atoms with Gasteiger partial charge < -0.3 is 9.47 Å². The molecule has 0 fully saturated rings. The third kappa shape index (κ3) is 4.11. The van der Waals surface area contributed by atoms with E-state index in [9.17, 15) is 4.79 Å². The Hall–Kier alpha value is -2.32. The quantitative estimate of drug-likeness (QED) is 0.637. The van der Waals surface area contributed by atoms with Crippen molar-refractivity contribution in [3.8, 4) is 17.6 Å². The van der Waals surface area contributed by atoms with E-state index in [1.54, 1.807) is 36.4 Å². The minimum absolute atomic E-state index is 0.201. The van der Waals surface area contributed by atoms with Crippen molar-refractivity contribution in [1.82, 2.24) is 0 Å². The van der Waals surface area contributed by atoms with Crippen molar-refractivity contribution in [3.05, 3.63) is 58.6 Å². The highest BCUT2D eigenvalue weighted by molar-refractivity contribution is 9.10. The van der Waals surface area contributed by atoms with Gasteiger partial charge in [-0.1, -0.05) is 28.1 Å². The summed E-state index contributed by atoms with van der Waals surface area (Å²) in [6, 6.07) is 15.5. The van der Waals surface area contributed by atoms with Crippen LogP contribution >= 0.6 is 15.9 Å². The maximum absolute atomic E-state index is 11.6. The second-order valence-electron chi connectivity index (χ2n) is 3.86. The smallest absolute Gasteiger partial charge is 0.349 e. The van der Waals surface area contributed by atoms with Crippen molar-refractivity contribution in [2.75, 3.05) is 6.61 Å². The summed E-state index contributed by atoms with van der Waals surface area (Å²) in [5.41, 5.74) is 0.434. The van der Waals surface area contributed by atoms with Crippen LogP contribution in [0.3, 0.4) is 0 Å². The molecule has 0 unspecified atom stereocenters. The molecule has 20 heavy (non-hydrogen) atoms. The predicted molar refractivity (Wildman–Crippen MR) is 76.4 cm³/mol. The summed E-state index contributed by atoms with van der Waals surface area (Å²) < 4.78 is 11.3. The average Bonchev–Trinajstić information content (AvgIpc) is 2.45. The van der Waals surface area contributed by atoms with Crippen LogP contribution in [0.5, 0.6) is 11.5 Å². The van der Waals surface area contributed by atoms with E-state index in [0.29, 0.717) is 17.1 Å². The molecule has 0 N–H and O–H groups in total. The number of nitriles is 1. The number of hydrogen-bond acceptors (Lipinski definition) is 4. The Bertz CT molecular complexity index is 664. The first-order valence-corrected chi connectivity index (χ1v) is 6.56. The first-order valence-electron chi connectivity index (χ1n) is 5.76. The Morgan fingerprint density at radius 2 is 1.90 bits per heavy atom. The highest BCUT2D eigenvalue weighted by Crippen LogP contribution is 2.18. The molecule has 100 valence electrons. The number of carbonyl (C=O) groups excluding carboxylic acids is 1. The number of nitrogens with zero attached hydrogens (tertiary/aromatic N) is 1. The van der Waals surface area contributed by atoms with Crippen molar-refractivity contribution < 1.29 is 14.3 Å². The lowest BCUT2D eigenvalue weighted by atomic mass is 10.2. The molecule has 2 aromatic rings. The maximum atomic E-state index is 11.6. The van der Waals surface area contributed by atoms with Gasteiger partial charge in [-0.3, -0.25) is 0 Å². The number of rotatable bonds is 4. The van der Waals surface area contributed by atoms with Crippen molar-refractivity contribution in [2.24, 2.45) is 0 Å². The zero-order valence-corrected chi connectivity index (χ0v) is 12.0. The van der Waals surface area contributed by atoms with Gasteiger partial charge in [0.25, 0.3) is 0 Å². The van der Waals surface area contributed by atoms with E-state index >= 15 is 0 Å². The lowest BCUT2D eigenvalue weighted by Gasteiger charge is -2.07. The van der Waals surface area contributed by atoms with Gasteiger partial charge in [-0.25, -0.2) is 4.79 Å². The topological polar surface area (TPSA) is 59.3 Å². The van der Waals surface area contributed by atoms with Gasteiger partial charge in [-0.05, 0) is 36.4 Å². The van der Waals surface area contributed by atoms with Gasteiger partial charge >= 0.3 is 5.97 Å². The molecule has 0 aliphatic carbocycles. The number of ether oxygens (including phenoxy) is 2. The van der Waals surface area contributed by atoms with Crippen LogP contribution in [0.2, 0.25) is 0 Å². The summed E-state index contributed by atoms with van der Waals surface area (Å²) >= 11 is 3.31.